The Morgan fingerprint density at radius 2 is 2.05 bits per heavy atom. The maximum atomic E-state index is 9.24. The van der Waals surface area contributed by atoms with Gasteiger partial charge in [0, 0.05) is 11.7 Å². The zero-order valence-electron chi connectivity index (χ0n) is 12.1. The lowest BCUT2D eigenvalue weighted by Gasteiger charge is -2.34. The molecule has 1 aromatic rings. The fourth-order valence-corrected chi connectivity index (χ4v) is 2.81. The van der Waals surface area contributed by atoms with Gasteiger partial charge >= 0.3 is 0 Å². The van der Waals surface area contributed by atoms with Crippen LogP contribution in [0, 0.1) is 11.3 Å². The standard InChI is InChI=1S/C16H23N3/c1-11(2)13-8-14(15(9-17)19-10-13)12-4-6-16(3,18)7-5-12/h8,10-12H,4-7,18H2,1-3H3. The van der Waals surface area contributed by atoms with E-state index < -0.39 is 0 Å². The van der Waals surface area contributed by atoms with Crippen LogP contribution < -0.4 is 5.73 Å². The minimum Gasteiger partial charge on any atom is -0.325 e. The molecule has 0 atom stereocenters. The number of nitrogens with two attached hydrogens (primary N) is 1. The van der Waals surface area contributed by atoms with E-state index in [1.807, 2.05) is 6.20 Å². The van der Waals surface area contributed by atoms with Crippen LogP contribution in [0.4, 0.5) is 0 Å². The summed E-state index contributed by atoms with van der Waals surface area (Å²) in [5, 5.41) is 9.24. The predicted octanol–water partition coefficient (Wildman–Crippen LogP) is 3.45. The smallest absolute Gasteiger partial charge is 0.143 e. The summed E-state index contributed by atoms with van der Waals surface area (Å²) in [5.74, 6) is 0.889. The normalized spacial score (nSPS) is 27.3. The van der Waals surface area contributed by atoms with E-state index in [1.165, 1.54) is 5.56 Å². The Kier molecular flexibility index (Phi) is 3.91. The maximum Gasteiger partial charge on any atom is 0.143 e. The van der Waals surface area contributed by atoms with Crippen LogP contribution in [0.25, 0.3) is 0 Å². The number of hydrogen-bond donors (Lipinski definition) is 1. The Labute approximate surface area is 115 Å². The van der Waals surface area contributed by atoms with Gasteiger partial charge in [-0.25, -0.2) is 4.98 Å². The van der Waals surface area contributed by atoms with Crippen molar-refractivity contribution in [2.24, 2.45) is 5.73 Å². The van der Waals surface area contributed by atoms with E-state index in [1.54, 1.807) is 0 Å². The van der Waals surface area contributed by atoms with Gasteiger partial charge in [-0.1, -0.05) is 19.9 Å². The highest BCUT2D eigenvalue weighted by Gasteiger charge is 2.29. The summed E-state index contributed by atoms with van der Waals surface area (Å²) in [6.45, 7) is 6.44. The molecule has 2 N–H and O–H groups in total. The van der Waals surface area contributed by atoms with Crippen LogP contribution in [0.5, 0.6) is 0 Å². The number of rotatable bonds is 2. The number of nitriles is 1. The number of pyridine rings is 1. The summed E-state index contributed by atoms with van der Waals surface area (Å²) < 4.78 is 0. The molecule has 1 saturated carbocycles. The topological polar surface area (TPSA) is 62.7 Å². The van der Waals surface area contributed by atoms with Gasteiger partial charge in [0.15, 0.2) is 0 Å². The van der Waals surface area contributed by atoms with Gasteiger partial charge in [0.25, 0.3) is 0 Å². The molecule has 1 aliphatic carbocycles. The van der Waals surface area contributed by atoms with Gasteiger partial charge in [0.05, 0.1) is 0 Å². The van der Waals surface area contributed by atoms with Crippen LogP contribution in [-0.2, 0) is 0 Å². The van der Waals surface area contributed by atoms with Crippen molar-refractivity contribution in [1.82, 2.24) is 4.98 Å². The van der Waals surface area contributed by atoms with E-state index in [-0.39, 0.29) is 5.54 Å². The highest BCUT2D eigenvalue weighted by Crippen LogP contribution is 2.38. The second-order valence-corrected chi connectivity index (χ2v) is 6.40. The van der Waals surface area contributed by atoms with Crippen molar-refractivity contribution in [3.8, 4) is 6.07 Å². The summed E-state index contributed by atoms with van der Waals surface area (Å²) in [5.41, 5.74) is 9.09. The Morgan fingerprint density at radius 1 is 1.42 bits per heavy atom. The SMILES string of the molecule is CC(C)c1cnc(C#N)c(C2CCC(C)(N)CC2)c1. The van der Waals surface area contributed by atoms with Gasteiger partial charge in [-0.2, -0.15) is 5.26 Å². The minimum atomic E-state index is -0.0353. The Hall–Kier alpha value is -1.40. The lowest BCUT2D eigenvalue weighted by molar-refractivity contribution is 0.294. The van der Waals surface area contributed by atoms with Crippen molar-refractivity contribution >= 4 is 0 Å². The highest BCUT2D eigenvalue weighted by molar-refractivity contribution is 5.37. The molecule has 0 aromatic carbocycles. The molecule has 2 rings (SSSR count). The molecular formula is C16H23N3. The average molecular weight is 257 g/mol. The first-order valence-electron chi connectivity index (χ1n) is 7.12. The summed E-state index contributed by atoms with van der Waals surface area (Å²) >= 11 is 0. The molecular weight excluding hydrogens is 234 g/mol. The third kappa shape index (κ3) is 3.13. The van der Waals surface area contributed by atoms with E-state index in [9.17, 15) is 5.26 Å². The molecule has 0 amide bonds. The Morgan fingerprint density at radius 3 is 2.58 bits per heavy atom. The third-order valence-corrected chi connectivity index (χ3v) is 4.28. The summed E-state index contributed by atoms with van der Waals surface area (Å²) in [7, 11) is 0. The molecule has 1 fully saturated rings. The van der Waals surface area contributed by atoms with Crippen LogP contribution >= 0.6 is 0 Å². The van der Waals surface area contributed by atoms with Gasteiger partial charge < -0.3 is 5.73 Å². The number of hydrogen-bond acceptors (Lipinski definition) is 3. The minimum absolute atomic E-state index is 0.0353. The van der Waals surface area contributed by atoms with Gasteiger partial charge in [-0.3, -0.25) is 0 Å². The molecule has 0 bridgehead atoms. The predicted molar refractivity (Wildman–Crippen MR) is 76.8 cm³/mol. The van der Waals surface area contributed by atoms with Crippen molar-refractivity contribution in [3.63, 3.8) is 0 Å². The lowest BCUT2D eigenvalue weighted by Crippen LogP contribution is -2.39. The monoisotopic (exact) mass is 257 g/mol. The number of aromatic nitrogens is 1. The molecule has 0 spiro atoms. The van der Waals surface area contributed by atoms with Gasteiger partial charge in [0.1, 0.15) is 11.8 Å². The molecule has 0 saturated heterocycles. The Balaban J connectivity index is 2.28. The van der Waals surface area contributed by atoms with Crippen LogP contribution in [0.2, 0.25) is 0 Å². The van der Waals surface area contributed by atoms with Gasteiger partial charge in [0.2, 0.25) is 0 Å². The summed E-state index contributed by atoms with van der Waals surface area (Å²) in [6.07, 6.45) is 6.00. The van der Waals surface area contributed by atoms with E-state index in [0.29, 0.717) is 17.5 Å². The van der Waals surface area contributed by atoms with Gasteiger partial charge in [-0.05, 0) is 55.6 Å². The molecule has 1 aliphatic rings. The van der Waals surface area contributed by atoms with E-state index in [0.717, 1.165) is 31.2 Å². The summed E-state index contributed by atoms with van der Waals surface area (Å²) in [4.78, 5) is 4.34. The third-order valence-electron chi connectivity index (χ3n) is 4.28. The van der Waals surface area contributed by atoms with E-state index in [4.69, 9.17) is 5.73 Å². The molecule has 1 aromatic heterocycles. The molecule has 102 valence electrons. The van der Waals surface area contributed by atoms with Crippen LogP contribution in [-0.4, -0.2) is 10.5 Å². The molecule has 3 nitrogen and oxygen atoms in total. The molecule has 1 heterocycles. The zero-order valence-corrected chi connectivity index (χ0v) is 12.1. The molecule has 0 unspecified atom stereocenters. The van der Waals surface area contributed by atoms with Crippen LogP contribution in [0.1, 0.15) is 75.1 Å². The van der Waals surface area contributed by atoms with Gasteiger partial charge in [-0.15, -0.1) is 0 Å². The Bertz CT molecular complexity index is 487. The first-order chi connectivity index (χ1) is 8.93. The zero-order chi connectivity index (χ0) is 14.0. The lowest BCUT2D eigenvalue weighted by atomic mass is 9.75. The second-order valence-electron chi connectivity index (χ2n) is 6.40. The first-order valence-corrected chi connectivity index (χ1v) is 7.12. The van der Waals surface area contributed by atoms with Crippen LogP contribution in [0.15, 0.2) is 12.3 Å². The maximum absolute atomic E-state index is 9.24. The summed E-state index contributed by atoms with van der Waals surface area (Å²) in [6, 6.07) is 4.42. The van der Waals surface area contributed by atoms with Crippen molar-refractivity contribution in [1.29, 1.82) is 5.26 Å². The largest absolute Gasteiger partial charge is 0.325 e. The average Bonchev–Trinajstić information content (AvgIpc) is 2.38. The number of nitrogens with zero attached hydrogens (tertiary/aromatic N) is 2. The van der Waals surface area contributed by atoms with E-state index in [2.05, 4.69) is 37.9 Å². The fourth-order valence-electron chi connectivity index (χ4n) is 2.81. The first kappa shape index (κ1) is 14.0. The van der Waals surface area contributed by atoms with E-state index >= 15 is 0 Å². The highest BCUT2D eigenvalue weighted by atomic mass is 14.7. The second kappa shape index (κ2) is 5.30. The van der Waals surface area contributed by atoms with Crippen molar-refractivity contribution in [2.45, 2.75) is 63.8 Å². The molecule has 0 radical (unpaired) electrons. The quantitative estimate of drug-likeness (QED) is 0.882. The van der Waals surface area contributed by atoms with Crippen molar-refractivity contribution in [3.05, 3.63) is 29.1 Å². The van der Waals surface area contributed by atoms with Crippen LogP contribution in [0.3, 0.4) is 0 Å². The van der Waals surface area contributed by atoms with Crippen molar-refractivity contribution in [2.75, 3.05) is 0 Å². The molecule has 19 heavy (non-hydrogen) atoms. The molecule has 0 aliphatic heterocycles. The van der Waals surface area contributed by atoms with Crippen molar-refractivity contribution < 1.29 is 0 Å². The molecule has 3 heteroatoms. The fraction of sp³-hybridized carbons (Fsp3) is 0.625.